The normalized spacial score (nSPS) is 14.6. The van der Waals surface area contributed by atoms with E-state index in [-0.39, 0.29) is 5.91 Å². The van der Waals surface area contributed by atoms with Crippen LogP contribution in [0.25, 0.3) is 21.8 Å². The molecule has 8 heteroatoms. The van der Waals surface area contributed by atoms with Gasteiger partial charge in [-0.3, -0.25) is 4.79 Å². The molecular formula is C25H21Cl2N3OS2. The number of amides is 1. The van der Waals surface area contributed by atoms with Gasteiger partial charge in [0.25, 0.3) is 5.91 Å². The molecule has 2 aromatic carbocycles. The summed E-state index contributed by atoms with van der Waals surface area (Å²) in [5.41, 5.74) is 3.73. The molecule has 4 nitrogen and oxygen atoms in total. The van der Waals surface area contributed by atoms with E-state index in [0.717, 1.165) is 63.3 Å². The number of benzene rings is 2. The summed E-state index contributed by atoms with van der Waals surface area (Å²) >= 11 is 15.4. The van der Waals surface area contributed by atoms with E-state index < -0.39 is 0 Å². The molecule has 1 amide bonds. The van der Waals surface area contributed by atoms with Gasteiger partial charge in [0.2, 0.25) is 0 Å². The number of rotatable bonds is 4. The van der Waals surface area contributed by atoms with Crippen molar-refractivity contribution in [2.24, 2.45) is 0 Å². The Labute approximate surface area is 210 Å². The lowest BCUT2D eigenvalue weighted by molar-refractivity contribution is 0.0717. The molecule has 0 aliphatic carbocycles. The summed E-state index contributed by atoms with van der Waals surface area (Å²) in [7, 11) is 0. The zero-order valence-electron chi connectivity index (χ0n) is 17.9. The standard InChI is InChI=1S/C25H21Cl2N3OS2/c1-15-22(33-24(28-15)16-5-3-2-4-6-16)25(31)30-11-9-17(10-12-30)23-29-21(14-32-23)18-7-8-19(26)20(27)13-18/h2-8,13-14,17H,9-12H2,1H3. The summed E-state index contributed by atoms with van der Waals surface area (Å²) in [5, 5.41) is 5.15. The Bertz CT molecular complexity index is 1290. The Kier molecular flexibility index (Phi) is 6.52. The van der Waals surface area contributed by atoms with Crippen LogP contribution in [0.2, 0.25) is 10.0 Å². The van der Waals surface area contributed by atoms with Crippen molar-refractivity contribution in [2.75, 3.05) is 13.1 Å². The minimum Gasteiger partial charge on any atom is -0.338 e. The summed E-state index contributed by atoms with van der Waals surface area (Å²) in [6, 6.07) is 15.6. The van der Waals surface area contributed by atoms with E-state index in [9.17, 15) is 4.79 Å². The van der Waals surface area contributed by atoms with Crippen molar-refractivity contribution in [3.8, 4) is 21.8 Å². The molecule has 1 aliphatic heterocycles. The molecule has 0 N–H and O–H groups in total. The highest BCUT2D eigenvalue weighted by Gasteiger charge is 2.28. The molecule has 0 radical (unpaired) electrons. The Morgan fingerprint density at radius 3 is 2.48 bits per heavy atom. The maximum Gasteiger partial charge on any atom is 0.265 e. The van der Waals surface area contributed by atoms with Crippen LogP contribution >= 0.6 is 45.9 Å². The Hall–Kier alpha value is -2.25. The maximum atomic E-state index is 13.2. The maximum absolute atomic E-state index is 13.2. The molecule has 2 aromatic heterocycles. The van der Waals surface area contributed by atoms with E-state index in [1.54, 1.807) is 17.4 Å². The van der Waals surface area contributed by atoms with Gasteiger partial charge >= 0.3 is 0 Å². The molecule has 33 heavy (non-hydrogen) atoms. The second-order valence-electron chi connectivity index (χ2n) is 8.07. The van der Waals surface area contributed by atoms with Crippen molar-refractivity contribution >= 4 is 51.8 Å². The number of hydrogen-bond donors (Lipinski definition) is 0. The number of carbonyl (C=O) groups excluding carboxylic acids is 1. The first-order valence-corrected chi connectivity index (χ1v) is 13.2. The van der Waals surface area contributed by atoms with Crippen LogP contribution in [0.1, 0.15) is 39.1 Å². The van der Waals surface area contributed by atoms with Crippen LogP contribution in [-0.2, 0) is 0 Å². The average molecular weight is 515 g/mol. The first kappa shape index (κ1) is 22.5. The van der Waals surface area contributed by atoms with E-state index in [4.69, 9.17) is 28.2 Å². The van der Waals surface area contributed by atoms with E-state index in [0.29, 0.717) is 16.0 Å². The molecule has 168 valence electrons. The van der Waals surface area contributed by atoms with E-state index in [1.807, 2.05) is 54.3 Å². The third kappa shape index (κ3) is 4.71. The van der Waals surface area contributed by atoms with Gasteiger partial charge in [-0.05, 0) is 31.9 Å². The van der Waals surface area contributed by atoms with Gasteiger partial charge in [-0.15, -0.1) is 22.7 Å². The van der Waals surface area contributed by atoms with Gasteiger partial charge in [0, 0.05) is 35.5 Å². The Morgan fingerprint density at radius 2 is 1.76 bits per heavy atom. The second-order valence-corrected chi connectivity index (χ2v) is 10.8. The van der Waals surface area contributed by atoms with Gasteiger partial charge in [-0.1, -0.05) is 59.6 Å². The zero-order valence-corrected chi connectivity index (χ0v) is 21.1. The molecule has 0 atom stereocenters. The third-order valence-electron chi connectivity index (χ3n) is 5.88. The molecule has 0 bridgehead atoms. The average Bonchev–Trinajstić information content (AvgIpc) is 3.48. The molecule has 1 fully saturated rings. The highest BCUT2D eigenvalue weighted by atomic mass is 35.5. The lowest BCUT2D eigenvalue weighted by Crippen LogP contribution is -2.37. The zero-order chi connectivity index (χ0) is 22.9. The topological polar surface area (TPSA) is 46.1 Å². The second kappa shape index (κ2) is 9.55. The lowest BCUT2D eigenvalue weighted by Gasteiger charge is -2.30. The Balaban J connectivity index is 1.25. The van der Waals surface area contributed by atoms with Crippen LogP contribution in [0.15, 0.2) is 53.9 Å². The molecular weight excluding hydrogens is 493 g/mol. The number of halogens is 2. The summed E-state index contributed by atoms with van der Waals surface area (Å²) in [4.78, 5) is 25.4. The van der Waals surface area contributed by atoms with Gasteiger partial charge in [0.15, 0.2) is 0 Å². The van der Waals surface area contributed by atoms with Gasteiger partial charge in [0.1, 0.15) is 9.88 Å². The van der Waals surface area contributed by atoms with Crippen LogP contribution in [0.3, 0.4) is 0 Å². The van der Waals surface area contributed by atoms with E-state index in [2.05, 4.69) is 10.4 Å². The minimum atomic E-state index is 0.0845. The fourth-order valence-corrected chi connectivity index (χ4v) is 6.37. The van der Waals surface area contributed by atoms with Crippen molar-refractivity contribution in [1.29, 1.82) is 0 Å². The number of aromatic nitrogens is 2. The van der Waals surface area contributed by atoms with Gasteiger partial charge < -0.3 is 4.90 Å². The highest BCUT2D eigenvalue weighted by Crippen LogP contribution is 2.36. The van der Waals surface area contributed by atoms with Crippen molar-refractivity contribution in [3.05, 3.63) is 79.5 Å². The third-order valence-corrected chi connectivity index (χ3v) is 8.82. The number of thiazole rings is 2. The van der Waals surface area contributed by atoms with Crippen molar-refractivity contribution < 1.29 is 4.79 Å². The van der Waals surface area contributed by atoms with E-state index >= 15 is 0 Å². The summed E-state index contributed by atoms with van der Waals surface area (Å²) in [5.74, 6) is 0.444. The van der Waals surface area contributed by atoms with E-state index in [1.165, 1.54) is 11.3 Å². The van der Waals surface area contributed by atoms with Crippen molar-refractivity contribution in [3.63, 3.8) is 0 Å². The number of piperidine rings is 1. The highest BCUT2D eigenvalue weighted by molar-refractivity contribution is 7.17. The van der Waals surface area contributed by atoms with Crippen LogP contribution in [0.5, 0.6) is 0 Å². The molecule has 0 unspecified atom stereocenters. The monoisotopic (exact) mass is 513 g/mol. The van der Waals surface area contributed by atoms with Gasteiger partial charge in [-0.25, -0.2) is 9.97 Å². The summed E-state index contributed by atoms with van der Waals surface area (Å²) in [6.07, 6.45) is 1.81. The lowest BCUT2D eigenvalue weighted by atomic mass is 9.97. The smallest absolute Gasteiger partial charge is 0.265 e. The van der Waals surface area contributed by atoms with Gasteiger partial charge in [0.05, 0.1) is 26.4 Å². The number of nitrogens with zero attached hydrogens (tertiary/aromatic N) is 3. The molecule has 5 rings (SSSR count). The number of hydrogen-bond acceptors (Lipinski definition) is 5. The quantitative estimate of drug-likeness (QED) is 0.282. The number of carbonyl (C=O) groups is 1. The molecule has 1 aliphatic rings. The molecule has 0 spiro atoms. The molecule has 0 saturated carbocycles. The number of likely N-dealkylation sites (tertiary alicyclic amines) is 1. The predicted molar refractivity (Wildman–Crippen MR) is 138 cm³/mol. The summed E-state index contributed by atoms with van der Waals surface area (Å²) < 4.78 is 0. The fraction of sp³-hybridized carbons (Fsp3) is 0.240. The van der Waals surface area contributed by atoms with Crippen LogP contribution in [-0.4, -0.2) is 33.9 Å². The van der Waals surface area contributed by atoms with Crippen LogP contribution in [0, 0.1) is 6.92 Å². The minimum absolute atomic E-state index is 0.0845. The van der Waals surface area contributed by atoms with Crippen LogP contribution in [0.4, 0.5) is 0 Å². The predicted octanol–water partition coefficient (Wildman–Crippen LogP) is 7.57. The first-order valence-electron chi connectivity index (χ1n) is 10.7. The largest absolute Gasteiger partial charge is 0.338 e. The SMILES string of the molecule is Cc1nc(-c2ccccc2)sc1C(=O)N1CCC(c2nc(-c3ccc(Cl)c(Cl)c3)cs2)CC1. The fourth-order valence-electron chi connectivity index (χ4n) is 4.04. The first-order chi connectivity index (χ1) is 16.0. The molecule has 4 aromatic rings. The van der Waals surface area contributed by atoms with Crippen molar-refractivity contribution in [2.45, 2.75) is 25.7 Å². The molecule has 3 heterocycles. The van der Waals surface area contributed by atoms with Crippen molar-refractivity contribution in [1.82, 2.24) is 14.9 Å². The molecule has 1 saturated heterocycles. The summed E-state index contributed by atoms with van der Waals surface area (Å²) in [6.45, 7) is 3.37. The number of aryl methyl sites for hydroxylation is 1. The Morgan fingerprint density at radius 1 is 1.00 bits per heavy atom. The van der Waals surface area contributed by atoms with Crippen LogP contribution < -0.4 is 0 Å². The van der Waals surface area contributed by atoms with Gasteiger partial charge in [-0.2, -0.15) is 0 Å².